The summed E-state index contributed by atoms with van der Waals surface area (Å²) in [6.45, 7) is 13.2. The Labute approximate surface area is 197 Å². The lowest BCUT2D eigenvalue weighted by Gasteiger charge is -2.39. The van der Waals surface area contributed by atoms with Crippen molar-refractivity contribution in [3.05, 3.63) is 28.8 Å². The van der Waals surface area contributed by atoms with Crippen LogP contribution in [0.3, 0.4) is 0 Å². The zero-order chi connectivity index (χ0) is 23.2. The largest absolute Gasteiger partial charge is 0.461 e. The summed E-state index contributed by atoms with van der Waals surface area (Å²) < 4.78 is 11.8. The van der Waals surface area contributed by atoms with Crippen LogP contribution in [0, 0.1) is 5.92 Å². The van der Waals surface area contributed by atoms with Crippen molar-refractivity contribution in [3.8, 4) is 0 Å². The Balaban J connectivity index is 1.95. The van der Waals surface area contributed by atoms with E-state index in [-0.39, 0.29) is 28.9 Å². The van der Waals surface area contributed by atoms with E-state index in [9.17, 15) is 4.79 Å². The summed E-state index contributed by atoms with van der Waals surface area (Å²) >= 11 is 6.51. The fraction of sp³-hybridized carbons (Fsp3) is 0.708. The molecule has 173 valence electrons. The molecule has 1 aliphatic rings. The summed E-state index contributed by atoms with van der Waals surface area (Å²) in [7, 11) is 4.56. The Morgan fingerprint density at radius 1 is 1.26 bits per heavy atom. The fourth-order valence-corrected chi connectivity index (χ4v) is 3.68. The molecule has 1 aromatic rings. The summed E-state index contributed by atoms with van der Waals surface area (Å²) in [5.41, 5.74) is 1.51. The van der Waals surface area contributed by atoms with E-state index in [0.717, 1.165) is 43.1 Å². The average Bonchev–Trinajstić information content (AvgIpc) is 3.16. The molecule has 1 radical (unpaired) electrons. The quantitative estimate of drug-likeness (QED) is 0.282. The lowest BCUT2D eigenvalue weighted by Crippen LogP contribution is -2.45. The number of ether oxygens (including phenoxy) is 1. The van der Waals surface area contributed by atoms with Crippen LogP contribution in [0.4, 0.5) is 0 Å². The minimum absolute atomic E-state index is 0.0850. The van der Waals surface area contributed by atoms with Gasteiger partial charge in [0.05, 0.1) is 5.60 Å². The van der Waals surface area contributed by atoms with Gasteiger partial charge in [-0.15, -0.1) is 9.24 Å². The predicted octanol–water partition coefficient (Wildman–Crippen LogP) is 5.02. The highest BCUT2D eigenvalue weighted by atomic mass is 35.5. The molecule has 1 aromatic carbocycles. The van der Waals surface area contributed by atoms with Crippen LogP contribution < -0.4 is 10.8 Å². The molecule has 0 spiro atoms. The van der Waals surface area contributed by atoms with E-state index in [1.54, 1.807) is 7.48 Å². The second-order valence-corrected chi connectivity index (χ2v) is 12.1. The maximum Gasteiger partial charge on any atom is 0.332 e. The Hall–Kier alpha value is -0.605. The molecule has 1 aliphatic carbocycles. The van der Waals surface area contributed by atoms with Crippen molar-refractivity contribution in [2.75, 3.05) is 0 Å². The highest BCUT2D eigenvalue weighted by Crippen LogP contribution is 2.33. The first-order valence-electron chi connectivity index (χ1n) is 11.4. The normalized spacial score (nSPS) is 16.5. The smallest absolute Gasteiger partial charge is 0.332 e. The van der Waals surface area contributed by atoms with Gasteiger partial charge in [-0.05, 0) is 69.0 Å². The molecule has 0 aliphatic heterocycles. The van der Waals surface area contributed by atoms with E-state index in [1.165, 1.54) is 0 Å². The summed E-state index contributed by atoms with van der Waals surface area (Å²) in [4.78, 5) is 12.7. The van der Waals surface area contributed by atoms with E-state index in [4.69, 9.17) is 21.0 Å². The number of benzene rings is 1. The standard InChI is InChI=1S/C24H39BClNO3P/c1-16(2)13-21(22(28)29-18-9-7-8-10-18)27-15-17-11-12-19(20(26)14-17)25-30-23(3,4)24(5,6)31/h11-12,14,16,18,21,27H,7-10,13,15,31H2,1-6H3/t21-/m0/s1. The van der Waals surface area contributed by atoms with Gasteiger partial charge < -0.3 is 14.7 Å². The third-order valence-corrected chi connectivity index (χ3v) is 7.25. The van der Waals surface area contributed by atoms with Gasteiger partial charge in [0.15, 0.2) is 0 Å². The molecule has 0 amide bonds. The highest BCUT2D eigenvalue weighted by molar-refractivity contribution is 7.19. The molecule has 0 saturated heterocycles. The van der Waals surface area contributed by atoms with Gasteiger partial charge in [-0.3, -0.25) is 4.79 Å². The van der Waals surface area contributed by atoms with E-state index >= 15 is 0 Å². The Bertz CT molecular complexity index is 730. The first-order chi connectivity index (χ1) is 14.4. The van der Waals surface area contributed by atoms with Crippen LogP contribution in [0.15, 0.2) is 18.2 Å². The van der Waals surface area contributed by atoms with Crippen molar-refractivity contribution in [3.63, 3.8) is 0 Å². The van der Waals surface area contributed by atoms with E-state index < -0.39 is 0 Å². The van der Waals surface area contributed by atoms with Crippen molar-refractivity contribution in [2.24, 2.45) is 5.92 Å². The Morgan fingerprint density at radius 3 is 2.45 bits per heavy atom. The fourth-order valence-electron chi connectivity index (χ4n) is 3.37. The molecule has 2 rings (SSSR count). The second kappa shape index (κ2) is 11.5. The molecule has 7 heteroatoms. The van der Waals surface area contributed by atoms with Crippen molar-refractivity contribution in [2.45, 2.75) is 103 Å². The first kappa shape index (κ1) is 26.6. The first-order valence-corrected chi connectivity index (χ1v) is 12.4. The van der Waals surface area contributed by atoms with Gasteiger partial charge in [0.2, 0.25) is 0 Å². The van der Waals surface area contributed by atoms with Gasteiger partial charge in [0, 0.05) is 16.7 Å². The molecule has 0 bridgehead atoms. The molecule has 4 nitrogen and oxygen atoms in total. The average molecular weight is 467 g/mol. The van der Waals surface area contributed by atoms with Crippen molar-refractivity contribution >= 4 is 39.8 Å². The zero-order valence-electron chi connectivity index (χ0n) is 20.0. The monoisotopic (exact) mass is 466 g/mol. The lowest BCUT2D eigenvalue weighted by molar-refractivity contribution is -0.151. The van der Waals surface area contributed by atoms with Crippen molar-refractivity contribution < 1.29 is 14.2 Å². The highest BCUT2D eigenvalue weighted by Gasteiger charge is 2.34. The molecule has 1 unspecified atom stereocenters. The molecular weight excluding hydrogens is 428 g/mol. The molecular formula is C24H39BClNO3P. The van der Waals surface area contributed by atoms with Crippen LogP contribution in [0.1, 0.15) is 79.2 Å². The summed E-state index contributed by atoms with van der Waals surface area (Å²) in [5.74, 6) is 0.267. The number of rotatable bonds is 11. The predicted molar refractivity (Wildman–Crippen MR) is 134 cm³/mol. The molecule has 1 N–H and O–H groups in total. The number of halogens is 1. The maximum atomic E-state index is 12.7. The maximum absolute atomic E-state index is 12.7. The van der Waals surface area contributed by atoms with Gasteiger partial charge >= 0.3 is 13.5 Å². The number of hydrogen-bond donors (Lipinski definition) is 1. The number of carbonyl (C=O) groups is 1. The van der Waals surface area contributed by atoms with E-state index in [1.807, 2.05) is 18.2 Å². The van der Waals surface area contributed by atoms with Crippen molar-refractivity contribution in [1.29, 1.82) is 0 Å². The molecule has 0 heterocycles. The minimum atomic E-state index is -0.356. The van der Waals surface area contributed by atoms with E-state index in [2.05, 4.69) is 56.1 Å². The van der Waals surface area contributed by atoms with Crippen LogP contribution in [0.5, 0.6) is 0 Å². The topological polar surface area (TPSA) is 47.6 Å². The third-order valence-electron chi connectivity index (χ3n) is 6.23. The third kappa shape index (κ3) is 8.35. The lowest BCUT2D eigenvalue weighted by atomic mass is 9.83. The number of nitrogens with one attached hydrogen (secondary N) is 1. The zero-order valence-corrected chi connectivity index (χ0v) is 21.9. The molecule has 0 aromatic heterocycles. The van der Waals surface area contributed by atoms with Crippen LogP contribution in [-0.2, 0) is 20.7 Å². The van der Waals surface area contributed by atoms with Gasteiger partial charge in [-0.1, -0.05) is 51.4 Å². The Morgan fingerprint density at radius 2 is 1.90 bits per heavy atom. The molecule has 1 saturated carbocycles. The van der Waals surface area contributed by atoms with E-state index in [0.29, 0.717) is 17.5 Å². The van der Waals surface area contributed by atoms with Crippen LogP contribution in [-0.4, -0.2) is 36.4 Å². The van der Waals surface area contributed by atoms with Crippen LogP contribution in [0.2, 0.25) is 5.02 Å². The summed E-state index contributed by atoms with van der Waals surface area (Å²) in [6.07, 6.45) is 5.11. The molecule has 31 heavy (non-hydrogen) atoms. The molecule has 2 atom stereocenters. The van der Waals surface area contributed by atoms with Crippen LogP contribution >= 0.6 is 20.8 Å². The summed E-state index contributed by atoms with van der Waals surface area (Å²) in [6, 6.07) is 5.59. The van der Waals surface area contributed by atoms with Crippen LogP contribution in [0.25, 0.3) is 0 Å². The summed E-state index contributed by atoms with van der Waals surface area (Å²) in [5, 5.41) is 3.93. The molecule has 1 fully saturated rings. The SMILES string of the molecule is CC(C)C[C@H](NCc1ccc([B]OC(C)(C)C(C)(C)P)c(Cl)c1)C(=O)OC1CCCC1. The van der Waals surface area contributed by atoms with Gasteiger partial charge in [0.1, 0.15) is 12.1 Å². The minimum Gasteiger partial charge on any atom is -0.461 e. The number of hydrogen-bond acceptors (Lipinski definition) is 4. The van der Waals surface area contributed by atoms with Gasteiger partial charge in [-0.2, -0.15) is 0 Å². The number of esters is 1. The van der Waals surface area contributed by atoms with Gasteiger partial charge in [-0.25, -0.2) is 0 Å². The van der Waals surface area contributed by atoms with Crippen molar-refractivity contribution in [1.82, 2.24) is 5.32 Å². The number of carbonyl (C=O) groups excluding carboxylic acids is 1. The van der Waals surface area contributed by atoms with Gasteiger partial charge in [0.25, 0.3) is 0 Å². The Kier molecular flexibility index (Phi) is 9.89. The second-order valence-electron chi connectivity index (χ2n) is 10.2.